The van der Waals surface area contributed by atoms with Crippen molar-refractivity contribution in [1.82, 2.24) is 4.90 Å². The predicted octanol–water partition coefficient (Wildman–Crippen LogP) is 2.69. The maximum atomic E-state index is 3.65. The van der Waals surface area contributed by atoms with Crippen LogP contribution in [0.3, 0.4) is 0 Å². The molecule has 0 aliphatic rings. The Balaban J connectivity index is -0.000000405. The molecule has 0 heterocycles. The highest BCUT2D eigenvalue weighted by Gasteiger charge is 1.94. The molecule has 0 atom stereocenters. The molecular weight excluding hydrogens is 193 g/mol. The van der Waals surface area contributed by atoms with Gasteiger partial charge in [0, 0.05) is 19.6 Å². The van der Waals surface area contributed by atoms with Crippen LogP contribution in [-0.4, -0.2) is 24.5 Å². The molecule has 0 aromatic rings. The van der Waals surface area contributed by atoms with E-state index in [4.69, 9.17) is 0 Å². The van der Waals surface area contributed by atoms with Crippen LogP contribution in [-0.2, 0) is 0 Å². The van der Waals surface area contributed by atoms with Crippen molar-refractivity contribution in [2.45, 2.75) is 0 Å². The van der Waals surface area contributed by atoms with Crippen LogP contribution in [0.4, 0.5) is 0 Å². The minimum atomic E-state index is 0. The van der Waals surface area contributed by atoms with Crippen molar-refractivity contribution in [3.05, 3.63) is 38.0 Å². The molecule has 0 spiro atoms. The van der Waals surface area contributed by atoms with Gasteiger partial charge in [0.2, 0.25) is 0 Å². The molecule has 3 heteroatoms. The number of hydrogen-bond donors (Lipinski definition) is 0. The van der Waals surface area contributed by atoms with Gasteiger partial charge in [-0.05, 0) is 0 Å². The fourth-order valence-electron chi connectivity index (χ4n) is 0.771. The first-order valence-corrected chi connectivity index (χ1v) is 3.40. The molecule has 0 rings (SSSR count). The van der Waals surface area contributed by atoms with Crippen molar-refractivity contribution >= 4 is 24.8 Å². The number of nitrogens with zero attached hydrogens (tertiary/aromatic N) is 1. The lowest BCUT2D eigenvalue weighted by molar-refractivity contribution is 0.373. The topological polar surface area (TPSA) is 3.24 Å². The fraction of sp³-hybridized carbons (Fsp3) is 0.333. The summed E-state index contributed by atoms with van der Waals surface area (Å²) in [5.74, 6) is 0. The van der Waals surface area contributed by atoms with E-state index in [0.29, 0.717) is 0 Å². The summed E-state index contributed by atoms with van der Waals surface area (Å²) in [5, 5.41) is 0. The van der Waals surface area contributed by atoms with Gasteiger partial charge in [0.15, 0.2) is 0 Å². The zero-order valence-corrected chi connectivity index (χ0v) is 8.87. The first kappa shape index (κ1) is 17.7. The smallest absolute Gasteiger partial charge is 0.0167 e. The molecule has 0 radical (unpaired) electrons. The third kappa shape index (κ3) is 9.76. The van der Waals surface area contributed by atoms with Gasteiger partial charge >= 0.3 is 0 Å². The summed E-state index contributed by atoms with van der Waals surface area (Å²) >= 11 is 0. The molecule has 0 aromatic carbocycles. The summed E-state index contributed by atoms with van der Waals surface area (Å²) in [4.78, 5) is 2.19. The lowest BCUT2D eigenvalue weighted by atomic mass is 10.4. The Labute approximate surface area is 87.7 Å². The maximum absolute atomic E-state index is 3.65. The van der Waals surface area contributed by atoms with Crippen molar-refractivity contribution in [1.29, 1.82) is 0 Å². The van der Waals surface area contributed by atoms with Gasteiger partial charge in [-0.1, -0.05) is 18.2 Å². The van der Waals surface area contributed by atoms with E-state index in [1.807, 2.05) is 18.2 Å². The summed E-state index contributed by atoms with van der Waals surface area (Å²) in [6.07, 6.45) is 5.65. The van der Waals surface area contributed by atoms with Crippen LogP contribution < -0.4 is 0 Å². The highest BCUT2D eigenvalue weighted by Crippen LogP contribution is 1.88. The molecule has 0 saturated heterocycles. The SMILES string of the molecule is C=CCN(CC=C)CC=C.Cl.Cl. The number of hydrogen-bond acceptors (Lipinski definition) is 1. The summed E-state index contributed by atoms with van der Waals surface area (Å²) in [5.41, 5.74) is 0. The number of halogens is 2. The molecule has 0 aliphatic carbocycles. The second-order valence-electron chi connectivity index (χ2n) is 2.08. The Morgan fingerprint density at radius 1 is 0.750 bits per heavy atom. The highest BCUT2D eigenvalue weighted by molar-refractivity contribution is 5.85. The van der Waals surface area contributed by atoms with Gasteiger partial charge in [0.25, 0.3) is 0 Å². The molecule has 72 valence electrons. The third-order valence-electron chi connectivity index (χ3n) is 1.16. The van der Waals surface area contributed by atoms with Crippen LogP contribution in [0.2, 0.25) is 0 Å². The standard InChI is InChI=1S/C9H15N.2ClH/c1-4-7-10(8-5-2)9-6-3;;/h4-6H,1-3,7-9H2;2*1H. The van der Waals surface area contributed by atoms with Gasteiger partial charge in [-0.15, -0.1) is 44.6 Å². The highest BCUT2D eigenvalue weighted by atomic mass is 35.5. The third-order valence-corrected chi connectivity index (χ3v) is 1.16. The minimum absolute atomic E-state index is 0. The van der Waals surface area contributed by atoms with Crippen LogP contribution in [0, 0.1) is 0 Å². The molecule has 0 unspecified atom stereocenters. The van der Waals surface area contributed by atoms with Gasteiger partial charge in [-0.3, -0.25) is 4.90 Å². The first-order valence-electron chi connectivity index (χ1n) is 3.40. The van der Waals surface area contributed by atoms with E-state index in [2.05, 4.69) is 24.6 Å². The molecular formula is C9H17Cl2N. The van der Waals surface area contributed by atoms with Crippen molar-refractivity contribution in [2.24, 2.45) is 0 Å². The summed E-state index contributed by atoms with van der Waals surface area (Å²) in [7, 11) is 0. The van der Waals surface area contributed by atoms with E-state index in [1.165, 1.54) is 0 Å². The van der Waals surface area contributed by atoms with Gasteiger partial charge in [0.05, 0.1) is 0 Å². The van der Waals surface area contributed by atoms with E-state index < -0.39 is 0 Å². The Hall–Kier alpha value is -0.240. The lowest BCUT2D eigenvalue weighted by Crippen LogP contribution is -2.23. The van der Waals surface area contributed by atoms with E-state index in [0.717, 1.165) is 19.6 Å². The van der Waals surface area contributed by atoms with Crippen LogP contribution in [0.25, 0.3) is 0 Å². The van der Waals surface area contributed by atoms with Crippen LogP contribution in [0.15, 0.2) is 38.0 Å². The van der Waals surface area contributed by atoms with Crippen LogP contribution >= 0.6 is 24.8 Å². The molecule has 0 bridgehead atoms. The van der Waals surface area contributed by atoms with Gasteiger partial charge in [-0.2, -0.15) is 0 Å². The first-order chi connectivity index (χ1) is 4.85. The molecule has 12 heavy (non-hydrogen) atoms. The summed E-state index contributed by atoms with van der Waals surface area (Å²) < 4.78 is 0. The van der Waals surface area contributed by atoms with Gasteiger partial charge in [-0.25, -0.2) is 0 Å². The predicted molar refractivity (Wildman–Crippen MR) is 61.5 cm³/mol. The lowest BCUT2D eigenvalue weighted by Gasteiger charge is -2.15. The fourth-order valence-corrected chi connectivity index (χ4v) is 0.771. The maximum Gasteiger partial charge on any atom is 0.0167 e. The monoisotopic (exact) mass is 209 g/mol. The Kier molecular flexibility index (Phi) is 19.7. The Bertz CT molecular complexity index is 99.9. The number of rotatable bonds is 6. The van der Waals surface area contributed by atoms with Crippen molar-refractivity contribution in [2.75, 3.05) is 19.6 Å². The summed E-state index contributed by atoms with van der Waals surface area (Å²) in [6, 6.07) is 0. The van der Waals surface area contributed by atoms with Crippen molar-refractivity contribution in [3.8, 4) is 0 Å². The van der Waals surface area contributed by atoms with E-state index in [1.54, 1.807) is 0 Å². The van der Waals surface area contributed by atoms with Crippen molar-refractivity contribution in [3.63, 3.8) is 0 Å². The molecule has 0 saturated carbocycles. The minimum Gasteiger partial charge on any atom is -0.292 e. The van der Waals surface area contributed by atoms with E-state index in [9.17, 15) is 0 Å². The quantitative estimate of drug-likeness (QED) is 0.609. The molecule has 0 aliphatic heterocycles. The normalized spacial score (nSPS) is 7.75. The second kappa shape index (κ2) is 13.4. The molecule has 1 nitrogen and oxygen atoms in total. The molecule has 0 aromatic heterocycles. The van der Waals surface area contributed by atoms with E-state index >= 15 is 0 Å². The van der Waals surface area contributed by atoms with Crippen molar-refractivity contribution < 1.29 is 0 Å². The second-order valence-corrected chi connectivity index (χ2v) is 2.08. The van der Waals surface area contributed by atoms with Gasteiger partial charge < -0.3 is 0 Å². The summed E-state index contributed by atoms with van der Waals surface area (Å²) in [6.45, 7) is 13.7. The zero-order valence-electron chi connectivity index (χ0n) is 7.24. The van der Waals surface area contributed by atoms with E-state index in [-0.39, 0.29) is 24.8 Å². The van der Waals surface area contributed by atoms with Crippen LogP contribution in [0.1, 0.15) is 0 Å². The Morgan fingerprint density at radius 2 is 1.00 bits per heavy atom. The molecule has 0 fully saturated rings. The zero-order chi connectivity index (χ0) is 7.82. The average molecular weight is 210 g/mol. The Morgan fingerprint density at radius 3 is 1.17 bits per heavy atom. The molecule has 0 N–H and O–H groups in total. The average Bonchev–Trinajstić information content (AvgIpc) is 1.90. The molecule has 0 amide bonds. The largest absolute Gasteiger partial charge is 0.292 e. The van der Waals surface area contributed by atoms with Crippen LogP contribution in [0.5, 0.6) is 0 Å². The van der Waals surface area contributed by atoms with Gasteiger partial charge in [0.1, 0.15) is 0 Å².